The SMILES string of the molecule is [B]Cc1c(Br)c(OC)c2ccccc2c1OC. The third-order valence-corrected chi connectivity index (χ3v) is 3.61. The molecule has 0 heterocycles. The summed E-state index contributed by atoms with van der Waals surface area (Å²) in [6.45, 7) is 0. The topological polar surface area (TPSA) is 18.5 Å². The molecule has 0 fully saturated rings. The number of ether oxygens (including phenoxy) is 2. The van der Waals surface area contributed by atoms with Gasteiger partial charge in [-0.05, 0) is 15.9 Å². The van der Waals surface area contributed by atoms with Crippen LogP contribution in [-0.2, 0) is 6.32 Å². The average Bonchev–Trinajstić information content (AvgIpc) is 2.37. The van der Waals surface area contributed by atoms with Crippen LogP contribution in [0, 0.1) is 0 Å². The van der Waals surface area contributed by atoms with Gasteiger partial charge >= 0.3 is 0 Å². The lowest BCUT2D eigenvalue weighted by atomic mass is 9.93. The van der Waals surface area contributed by atoms with E-state index in [-0.39, 0.29) is 0 Å². The Hall–Kier alpha value is -1.16. The first-order chi connectivity index (χ1) is 8.24. The van der Waals surface area contributed by atoms with Gasteiger partial charge in [-0.1, -0.05) is 30.6 Å². The van der Waals surface area contributed by atoms with E-state index in [1.807, 2.05) is 24.3 Å². The molecule has 2 radical (unpaired) electrons. The average molecular weight is 291 g/mol. The molecule has 0 aromatic heterocycles. The summed E-state index contributed by atoms with van der Waals surface area (Å²) in [5.74, 6) is 1.60. The van der Waals surface area contributed by atoms with Gasteiger partial charge in [0.1, 0.15) is 11.5 Å². The molecule has 0 atom stereocenters. The predicted octanol–water partition coefficient (Wildman–Crippen LogP) is 3.29. The molecule has 0 saturated carbocycles. The number of hydrogen-bond donors (Lipinski definition) is 0. The Bertz CT molecular complexity index is 555. The molecule has 4 heteroatoms. The summed E-state index contributed by atoms with van der Waals surface area (Å²) >= 11 is 3.53. The summed E-state index contributed by atoms with van der Waals surface area (Å²) in [5.41, 5.74) is 0.919. The third kappa shape index (κ3) is 1.91. The van der Waals surface area contributed by atoms with E-state index in [2.05, 4.69) is 15.9 Å². The lowest BCUT2D eigenvalue weighted by Gasteiger charge is -2.16. The van der Waals surface area contributed by atoms with Gasteiger partial charge in [0.15, 0.2) is 0 Å². The van der Waals surface area contributed by atoms with E-state index >= 15 is 0 Å². The van der Waals surface area contributed by atoms with Gasteiger partial charge < -0.3 is 9.47 Å². The van der Waals surface area contributed by atoms with Gasteiger partial charge in [-0.2, -0.15) is 0 Å². The van der Waals surface area contributed by atoms with Crippen molar-refractivity contribution in [2.75, 3.05) is 14.2 Å². The van der Waals surface area contributed by atoms with E-state index in [1.165, 1.54) is 0 Å². The second-order valence-electron chi connectivity index (χ2n) is 3.61. The maximum Gasteiger partial charge on any atom is 0.141 e. The Balaban J connectivity index is 2.93. The van der Waals surface area contributed by atoms with E-state index in [4.69, 9.17) is 17.3 Å². The van der Waals surface area contributed by atoms with Gasteiger partial charge in [0.25, 0.3) is 0 Å². The van der Waals surface area contributed by atoms with Crippen molar-refractivity contribution in [3.8, 4) is 11.5 Å². The molecule has 2 aromatic rings. The van der Waals surface area contributed by atoms with E-state index in [1.54, 1.807) is 14.2 Å². The molecule has 0 aliphatic heterocycles. The van der Waals surface area contributed by atoms with Gasteiger partial charge in [0.05, 0.1) is 26.5 Å². The van der Waals surface area contributed by atoms with Crippen molar-refractivity contribution in [2.45, 2.75) is 6.32 Å². The summed E-state index contributed by atoms with van der Waals surface area (Å²) in [6.07, 6.45) is 0.394. The zero-order valence-corrected chi connectivity index (χ0v) is 11.4. The largest absolute Gasteiger partial charge is 0.496 e. The molecular weight excluding hydrogens is 279 g/mol. The molecule has 86 valence electrons. The highest BCUT2D eigenvalue weighted by atomic mass is 79.9. The van der Waals surface area contributed by atoms with E-state index < -0.39 is 0 Å². The Labute approximate surface area is 110 Å². The van der Waals surface area contributed by atoms with Gasteiger partial charge in [0.2, 0.25) is 0 Å². The minimum absolute atomic E-state index is 0.394. The smallest absolute Gasteiger partial charge is 0.141 e. The van der Waals surface area contributed by atoms with Crippen molar-refractivity contribution in [3.05, 3.63) is 34.3 Å². The maximum atomic E-state index is 5.78. The van der Waals surface area contributed by atoms with Crippen LogP contribution in [0.1, 0.15) is 5.56 Å². The van der Waals surface area contributed by atoms with Crippen molar-refractivity contribution in [2.24, 2.45) is 0 Å². The second kappa shape index (κ2) is 5.00. The number of rotatable bonds is 3. The molecule has 0 amide bonds. The molecule has 2 aromatic carbocycles. The molecule has 2 nitrogen and oxygen atoms in total. The van der Waals surface area contributed by atoms with Crippen LogP contribution in [0.5, 0.6) is 11.5 Å². The monoisotopic (exact) mass is 290 g/mol. The first kappa shape index (κ1) is 12.3. The highest BCUT2D eigenvalue weighted by Gasteiger charge is 2.17. The van der Waals surface area contributed by atoms with E-state index in [0.29, 0.717) is 6.32 Å². The Morgan fingerprint density at radius 1 is 1.06 bits per heavy atom. The Kier molecular flexibility index (Phi) is 3.62. The van der Waals surface area contributed by atoms with Gasteiger partial charge in [-0.25, -0.2) is 0 Å². The molecule has 0 aliphatic rings. The van der Waals surface area contributed by atoms with Crippen LogP contribution in [0.15, 0.2) is 28.7 Å². The van der Waals surface area contributed by atoms with Crippen molar-refractivity contribution < 1.29 is 9.47 Å². The van der Waals surface area contributed by atoms with E-state index in [9.17, 15) is 0 Å². The summed E-state index contributed by atoms with van der Waals surface area (Å²) in [5, 5.41) is 2.02. The molecule has 0 N–H and O–H groups in total. The second-order valence-corrected chi connectivity index (χ2v) is 4.40. The van der Waals surface area contributed by atoms with Crippen molar-refractivity contribution in [3.63, 3.8) is 0 Å². The third-order valence-electron chi connectivity index (χ3n) is 2.77. The molecule has 17 heavy (non-hydrogen) atoms. The normalized spacial score (nSPS) is 10.5. The van der Waals surface area contributed by atoms with Gasteiger partial charge in [-0.15, -0.1) is 0 Å². The van der Waals surface area contributed by atoms with Crippen LogP contribution < -0.4 is 9.47 Å². The minimum atomic E-state index is 0.394. The first-order valence-corrected chi connectivity index (χ1v) is 6.05. The number of fused-ring (bicyclic) bond motifs is 1. The van der Waals surface area contributed by atoms with Crippen LogP contribution in [0.3, 0.4) is 0 Å². The van der Waals surface area contributed by atoms with Gasteiger partial charge in [-0.3, -0.25) is 0 Å². The summed E-state index contributed by atoms with van der Waals surface area (Å²) in [7, 11) is 9.08. The number of benzene rings is 2. The molecule has 0 unspecified atom stereocenters. The van der Waals surface area contributed by atoms with Crippen molar-refractivity contribution >= 4 is 34.5 Å². The maximum absolute atomic E-state index is 5.78. The quantitative estimate of drug-likeness (QED) is 0.808. The van der Waals surface area contributed by atoms with Crippen LogP contribution in [0.25, 0.3) is 10.8 Å². The Morgan fingerprint density at radius 3 is 2.06 bits per heavy atom. The molecule has 2 rings (SSSR count). The molecule has 0 saturated heterocycles. The van der Waals surface area contributed by atoms with Gasteiger partial charge in [0, 0.05) is 16.3 Å². The fourth-order valence-electron chi connectivity index (χ4n) is 2.01. The highest BCUT2D eigenvalue weighted by Crippen LogP contribution is 2.43. The van der Waals surface area contributed by atoms with Crippen molar-refractivity contribution in [1.29, 1.82) is 0 Å². The Morgan fingerprint density at radius 2 is 1.59 bits per heavy atom. The van der Waals surface area contributed by atoms with E-state index in [0.717, 1.165) is 32.3 Å². The van der Waals surface area contributed by atoms with Crippen LogP contribution in [0.2, 0.25) is 0 Å². The lowest BCUT2D eigenvalue weighted by Crippen LogP contribution is -1.98. The summed E-state index contributed by atoms with van der Waals surface area (Å²) in [6, 6.07) is 7.95. The van der Waals surface area contributed by atoms with Crippen LogP contribution >= 0.6 is 15.9 Å². The predicted molar refractivity (Wildman–Crippen MR) is 74.2 cm³/mol. The highest BCUT2D eigenvalue weighted by molar-refractivity contribution is 9.10. The number of halogens is 1. The molecular formula is C13H12BBrO2. The summed E-state index contributed by atoms with van der Waals surface area (Å²) in [4.78, 5) is 0. The number of methoxy groups -OCH3 is 2. The zero-order valence-electron chi connectivity index (χ0n) is 9.79. The molecule has 0 spiro atoms. The minimum Gasteiger partial charge on any atom is -0.496 e. The zero-order chi connectivity index (χ0) is 12.4. The first-order valence-electron chi connectivity index (χ1n) is 5.25. The fraction of sp³-hybridized carbons (Fsp3) is 0.231. The lowest BCUT2D eigenvalue weighted by molar-refractivity contribution is 0.405. The summed E-state index contributed by atoms with van der Waals surface area (Å²) < 4.78 is 11.8. The van der Waals surface area contributed by atoms with Crippen LogP contribution in [0.4, 0.5) is 0 Å². The molecule has 0 bridgehead atoms. The standard InChI is InChI=1S/C13H12BBrO2/c1-16-12-8-5-3-4-6-9(8)13(17-2)11(15)10(12)7-14/h3-6H,7H2,1-2H3. The molecule has 0 aliphatic carbocycles. The fourth-order valence-corrected chi connectivity index (χ4v) is 2.73. The van der Waals surface area contributed by atoms with Crippen molar-refractivity contribution in [1.82, 2.24) is 0 Å². The van der Waals surface area contributed by atoms with Crippen LogP contribution in [-0.4, -0.2) is 22.1 Å². The number of hydrogen-bond acceptors (Lipinski definition) is 2.